The van der Waals surface area contributed by atoms with Gasteiger partial charge in [0.05, 0.1) is 6.26 Å². The van der Waals surface area contributed by atoms with E-state index in [1.165, 1.54) is 0 Å². The average molecular weight is 300 g/mol. The molecule has 0 amide bonds. The lowest BCUT2D eigenvalue weighted by molar-refractivity contribution is -0.347. The Labute approximate surface area is 101 Å². The van der Waals surface area contributed by atoms with Crippen molar-refractivity contribution in [2.45, 2.75) is 24.9 Å². The number of hydrogen-bond acceptors (Lipinski definition) is 3. The maximum atomic E-state index is 12.3. The predicted octanol–water partition coefficient (Wildman–Crippen LogP) is 2.60. The number of carbonyl (C=O) groups is 2. The molecule has 0 spiro atoms. The van der Waals surface area contributed by atoms with Gasteiger partial charge in [-0.25, -0.2) is 4.79 Å². The van der Waals surface area contributed by atoms with E-state index in [1.54, 1.807) is 0 Å². The van der Waals surface area contributed by atoms with Crippen LogP contribution in [0.1, 0.15) is 6.92 Å². The van der Waals surface area contributed by atoms with Crippen molar-refractivity contribution >= 4 is 11.9 Å². The van der Waals surface area contributed by atoms with Gasteiger partial charge >= 0.3 is 24.0 Å². The van der Waals surface area contributed by atoms with E-state index in [4.69, 9.17) is 9.90 Å². The first-order valence-electron chi connectivity index (χ1n) is 4.05. The summed E-state index contributed by atoms with van der Waals surface area (Å²) in [4.78, 5) is 19.1. The minimum atomic E-state index is -6.56. The van der Waals surface area contributed by atoms with Crippen molar-refractivity contribution in [3.05, 3.63) is 12.8 Å². The van der Waals surface area contributed by atoms with Gasteiger partial charge in [-0.3, -0.25) is 4.79 Å². The van der Waals surface area contributed by atoms with Crippen molar-refractivity contribution in [2.24, 2.45) is 0 Å². The minimum absolute atomic E-state index is 0.0166. The van der Waals surface area contributed by atoms with E-state index in [1.807, 2.05) is 0 Å². The lowest BCUT2D eigenvalue weighted by Crippen LogP contribution is -2.56. The number of carbonyl (C=O) groups excluding carboxylic acids is 1. The van der Waals surface area contributed by atoms with Crippen molar-refractivity contribution in [3.63, 3.8) is 0 Å². The highest BCUT2D eigenvalue weighted by atomic mass is 19.4. The molecule has 0 aliphatic rings. The highest BCUT2D eigenvalue weighted by Crippen LogP contribution is 2.46. The van der Waals surface area contributed by atoms with Gasteiger partial charge in [0.2, 0.25) is 0 Å². The standard InChI is InChI=1S/C6H3F7O2.C2H4O2/c1-2-15-3(14)4(7,8)5(9,10)6(11,12)13;1-2(3)4/h2H,1H2;1H3,(H,3,4). The highest BCUT2D eigenvalue weighted by molar-refractivity contribution is 5.79. The van der Waals surface area contributed by atoms with Gasteiger partial charge in [0.15, 0.2) is 0 Å². The summed E-state index contributed by atoms with van der Waals surface area (Å²) in [7, 11) is 0. The van der Waals surface area contributed by atoms with Crippen LogP contribution in [-0.4, -0.2) is 35.1 Å². The van der Waals surface area contributed by atoms with Crippen molar-refractivity contribution in [2.75, 3.05) is 0 Å². The van der Waals surface area contributed by atoms with Crippen LogP contribution in [0.3, 0.4) is 0 Å². The Balaban J connectivity index is 0. The largest absolute Gasteiger partial charge is 0.481 e. The maximum absolute atomic E-state index is 12.3. The summed E-state index contributed by atoms with van der Waals surface area (Å²) in [5, 5.41) is 7.42. The molecule has 1 N–H and O–H groups in total. The Morgan fingerprint density at radius 3 is 1.63 bits per heavy atom. The summed E-state index contributed by atoms with van der Waals surface area (Å²) in [6, 6.07) is 0. The van der Waals surface area contributed by atoms with Crippen molar-refractivity contribution in [1.82, 2.24) is 0 Å². The van der Waals surface area contributed by atoms with E-state index < -0.39 is 30.0 Å². The van der Waals surface area contributed by atoms with Crippen LogP contribution in [0.15, 0.2) is 12.8 Å². The predicted molar refractivity (Wildman–Crippen MR) is 45.5 cm³/mol. The molecule has 4 nitrogen and oxygen atoms in total. The first-order chi connectivity index (χ1) is 8.21. The molecule has 0 saturated carbocycles. The molecule has 0 aromatic carbocycles. The molecular weight excluding hydrogens is 293 g/mol. The zero-order valence-corrected chi connectivity index (χ0v) is 9.10. The lowest BCUT2D eigenvalue weighted by Gasteiger charge is -2.25. The van der Waals surface area contributed by atoms with Gasteiger partial charge in [0.1, 0.15) is 0 Å². The molecule has 0 saturated heterocycles. The lowest BCUT2D eigenvalue weighted by atomic mass is 10.1. The molecular formula is C8H7F7O4. The highest BCUT2D eigenvalue weighted by Gasteiger charge is 2.77. The normalized spacial score (nSPS) is 12.0. The number of ether oxygens (including phenoxy) is 1. The molecule has 112 valence electrons. The summed E-state index contributed by atoms with van der Waals surface area (Å²) < 4.78 is 86.3. The van der Waals surface area contributed by atoms with E-state index in [9.17, 15) is 35.5 Å². The zero-order valence-electron chi connectivity index (χ0n) is 9.10. The molecule has 0 heterocycles. The third-order valence-electron chi connectivity index (χ3n) is 1.20. The van der Waals surface area contributed by atoms with Crippen LogP contribution in [-0.2, 0) is 14.3 Å². The van der Waals surface area contributed by atoms with Crippen molar-refractivity contribution < 1.29 is 50.2 Å². The summed E-state index contributed by atoms with van der Waals surface area (Å²) in [5.41, 5.74) is 0. The Morgan fingerprint density at radius 2 is 1.42 bits per heavy atom. The molecule has 0 aromatic heterocycles. The Bertz CT molecular complexity index is 343. The van der Waals surface area contributed by atoms with E-state index in [0.29, 0.717) is 0 Å². The minimum Gasteiger partial charge on any atom is -0.481 e. The fourth-order valence-corrected chi connectivity index (χ4v) is 0.456. The van der Waals surface area contributed by atoms with Crippen LogP contribution >= 0.6 is 0 Å². The van der Waals surface area contributed by atoms with Gasteiger partial charge in [-0.05, 0) is 0 Å². The molecule has 11 heteroatoms. The summed E-state index contributed by atoms with van der Waals surface area (Å²) in [6.45, 7) is 3.64. The van der Waals surface area contributed by atoms with E-state index in [-0.39, 0.29) is 6.26 Å². The second-order valence-electron chi connectivity index (χ2n) is 2.74. The molecule has 0 bridgehead atoms. The van der Waals surface area contributed by atoms with Gasteiger partial charge in [-0.2, -0.15) is 30.7 Å². The third-order valence-corrected chi connectivity index (χ3v) is 1.20. The SMILES string of the molecule is C=COC(=O)C(F)(F)C(F)(F)C(F)(F)F.CC(=O)O. The van der Waals surface area contributed by atoms with Crippen LogP contribution in [0.4, 0.5) is 30.7 Å². The Morgan fingerprint density at radius 1 is 1.11 bits per heavy atom. The first kappa shape index (κ1) is 19.5. The number of carboxylic acids is 1. The monoisotopic (exact) mass is 300 g/mol. The van der Waals surface area contributed by atoms with Gasteiger partial charge in [-0.1, -0.05) is 6.58 Å². The third kappa shape index (κ3) is 5.14. The number of aliphatic carboxylic acids is 1. The number of carboxylic acid groups (broad SMARTS) is 1. The van der Waals surface area contributed by atoms with Gasteiger partial charge < -0.3 is 9.84 Å². The van der Waals surface area contributed by atoms with Crippen molar-refractivity contribution in [3.8, 4) is 0 Å². The van der Waals surface area contributed by atoms with Crippen LogP contribution in [0, 0.1) is 0 Å². The smallest absolute Gasteiger partial charge is 0.460 e. The van der Waals surface area contributed by atoms with Crippen LogP contribution in [0.25, 0.3) is 0 Å². The molecule has 0 aliphatic carbocycles. The average Bonchev–Trinajstić information content (AvgIpc) is 2.14. The van der Waals surface area contributed by atoms with Gasteiger partial charge in [0, 0.05) is 6.92 Å². The summed E-state index contributed by atoms with van der Waals surface area (Å²) >= 11 is 0. The number of hydrogen-bond donors (Lipinski definition) is 1. The molecule has 0 radical (unpaired) electrons. The molecule has 0 unspecified atom stereocenters. The first-order valence-corrected chi connectivity index (χ1v) is 4.05. The van der Waals surface area contributed by atoms with E-state index in [2.05, 4.69) is 11.3 Å². The molecule has 0 fully saturated rings. The topological polar surface area (TPSA) is 63.6 Å². The number of halogens is 7. The van der Waals surface area contributed by atoms with E-state index >= 15 is 0 Å². The summed E-state index contributed by atoms with van der Waals surface area (Å²) in [5.74, 6) is -16.4. The van der Waals surface area contributed by atoms with Crippen molar-refractivity contribution in [1.29, 1.82) is 0 Å². The molecule has 19 heavy (non-hydrogen) atoms. The van der Waals surface area contributed by atoms with Gasteiger partial charge in [-0.15, -0.1) is 0 Å². The maximum Gasteiger partial charge on any atom is 0.460 e. The Kier molecular flexibility index (Phi) is 6.56. The quantitative estimate of drug-likeness (QED) is 0.494. The molecule has 0 atom stereocenters. The molecule has 0 aromatic rings. The number of alkyl halides is 7. The number of esters is 1. The fourth-order valence-electron chi connectivity index (χ4n) is 0.456. The van der Waals surface area contributed by atoms with Crippen LogP contribution < -0.4 is 0 Å². The van der Waals surface area contributed by atoms with Crippen LogP contribution in [0.5, 0.6) is 0 Å². The molecule has 0 rings (SSSR count). The zero-order chi connectivity index (χ0) is 16.1. The second kappa shape index (κ2) is 6.38. The molecule has 0 aliphatic heterocycles. The summed E-state index contributed by atoms with van der Waals surface area (Å²) in [6.07, 6.45) is -6.54. The fraction of sp³-hybridized carbons (Fsp3) is 0.500. The second-order valence-corrected chi connectivity index (χ2v) is 2.74. The van der Waals surface area contributed by atoms with E-state index in [0.717, 1.165) is 6.92 Å². The van der Waals surface area contributed by atoms with Crippen LogP contribution in [0.2, 0.25) is 0 Å². The van der Waals surface area contributed by atoms with Gasteiger partial charge in [0.25, 0.3) is 5.97 Å². The number of rotatable bonds is 3. The Hall–Kier alpha value is -1.81.